The maximum atomic E-state index is 12.4. The van der Waals surface area contributed by atoms with E-state index in [1.807, 2.05) is 54.6 Å². The molecule has 3 aromatic rings. The quantitative estimate of drug-likeness (QED) is 0.457. The van der Waals surface area contributed by atoms with E-state index in [-0.39, 0.29) is 5.78 Å². The van der Waals surface area contributed by atoms with Gasteiger partial charge in [-0.05, 0) is 48.2 Å². The van der Waals surface area contributed by atoms with E-state index in [0.717, 1.165) is 11.3 Å². The van der Waals surface area contributed by atoms with Gasteiger partial charge in [-0.2, -0.15) is 0 Å². The Morgan fingerprint density at radius 1 is 0.833 bits per heavy atom. The Hall–Kier alpha value is -2.52. The minimum Gasteiger partial charge on any atom is -0.489 e. The summed E-state index contributed by atoms with van der Waals surface area (Å²) in [6.45, 7) is 0.515. The number of hydrogen-bond acceptors (Lipinski definition) is 3. The van der Waals surface area contributed by atoms with Crippen LogP contribution in [-0.4, -0.2) is 12.0 Å². The number of hydrogen-bond donors (Lipinski definition) is 0. The Labute approximate surface area is 146 Å². The molecule has 0 bridgehead atoms. The molecule has 0 aromatic heterocycles. The van der Waals surface area contributed by atoms with Crippen LogP contribution in [0.5, 0.6) is 5.75 Å². The van der Waals surface area contributed by atoms with Gasteiger partial charge in [-0.25, -0.2) is 0 Å². The number of ketones is 1. The van der Waals surface area contributed by atoms with Gasteiger partial charge in [-0.3, -0.25) is 4.79 Å². The topological polar surface area (TPSA) is 26.3 Å². The van der Waals surface area contributed by atoms with Gasteiger partial charge in [0.2, 0.25) is 0 Å². The third-order valence-electron chi connectivity index (χ3n) is 3.72. The molecule has 120 valence electrons. The van der Waals surface area contributed by atoms with E-state index in [4.69, 9.17) is 4.74 Å². The molecule has 24 heavy (non-hydrogen) atoms. The molecule has 0 saturated heterocycles. The molecule has 0 fully saturated rings. The predicted molar refractivity (Wildman–Crippen MR) is 98.9 cm³/mol. The maximum absolute atomic E-state index is 12.4. The molecule has 0 radical (unpaired) electrons. The highest BCUT2D eigenvalue weighted by Gasteiger charge is 2.08. The van der Waals surface area contributed by atoms with Gasteiger partial charge >= 0.3 is 0 Å². The average molecular weight is 334 g/mol. The normalized spacial score (nSPS) is 10.4. The van der Waals surface area contributed by atoms with Crippen molar-refractivity contribution in [1.29, 1.82) is 0 Å². The van der Waals surface area contributed by atoms with Gasteiger partial charge in [0.25, 0.3) is 0 Å². The lowest BCUT2D eigenvalue weighted by Gasteiger charge is -2.08. The van der Waals surface area contributed by atoms with Crippen molar-refractivity contribution in [3.05, 3.63) is 95.6 Å². The number of carbonyl (C=O) groups is 1. The summed E-state index contributed by atoms with van der Waals surface area (Å²) in [6, 6.07) is 24.9. The molecular weight excluding hydrogens is 316 g/mol. The van der Waals surface area contributed by atoms with Crippen LogP contribution >= 0.6 is 11.8 Å². The summed E-state index contributed by atoms with van der Waals surface area (Å²) < 4.78 is 5.79. The summed E-state index contributed by atoms with van der Waals surface area (Å²) in [5, 5.41) is 0. The minimum atomic E-state index is 0.0230. The van der Waals surface area contributed by atoms with Crippen molar-refractivity contribution < 1.29 is 9.53 Å². The summed E-state index contributed by atoms with van der Waals surface area (Å²) in [7, 11) is 0. The van der Waals surface area contributed by atoms with Crippen LogP contribution in [0.3, 0.4) is 0 Å². The van der Waals surface area contributed by atoms with Crippen molar-refractivity contribution in [1.82, 2.24) is 0 Å². The van der Waals surface area contributed by atoms with E-state index >= 15 is 0 Å². The molecule has 0 aliphatic rings. The molecule has 0 N–H and O–H groups in total. The summed E-state index contributed by atoms with van der Waals surface area (Å²) in [5.41, 5.74) is 2.48. The van der Waals surface area contributed by atoms with Crippen LogP contribution in [0, 0.1) is 0 Å². The second-order valence-corrected chi connectivity index (χ2v) is 6.24. The zero-order chi connectivity index (χ0) is 16.8. The summed E-state index contributed by atoms with van der Waals surface area (Å²) in [4.78, 5) is 13.6. The largest absolute Gasteiger partial charge is 0.489 e. The van der Waals surface area contributed by atoms with Crippen molar-refractivity contribution in [2.75, 3.05) is 6.26 Å². The van der Waals surface area contributed by atoms with Crippen LogP contribution in [-0.2, 0) is 6.61 Å². The first-order valence-electron chi connectivity index (χ1n) is 7.72. The van der Waals surface area contributed by atoms with Gasteiger partial charge in [-0.1, -0.05) is 42.5 Å². The average Bonchev–Trinajstić information content (AvgIpc) is 2.67. The van der Waals surface area contributed by atoms with Crippen LogP contribution < -0.4 is 4.74 Å². The van der Waals surface area contributed by atoms with Crippen molar-refractivity contribution in [3.63, 3.8) is 0 Å². The smallest absolute Gasteiger partial charge is 0.193 e. The third-order valence-corrected chi connectivity index (χ3v) is 4.46. The van der Waals surface area contributed by atoms with E-state index in [1.54, 1.807) is 11.8 Å². The fourth-order valence-electron chi connectivity index (χ4n) is 2.35. The molecule has 2 nitrogen and oxygen atoms in total. The van der Waals surface area contributed by atoms with E-state index < -0.39 is 0 Å². The molecule has 0 saturated carbocycles. The Kier molecular flexibility index (Phi) is 5.34. The standard InChI is InChI=1S/C21H18O2S/c1-24-20-13-7-16(8-14-20)15-23-19-11-9-18(10-12-19)21(22)17-5-3-2-4-6-17/h2-14H,15H2,1H3. The minimum absolute atomic E-state index is 0.0230. The molecule has 0 atom stereocenters. The van der Waals surface area contributed by atoms with Gasteiger partial charge in [0.15, 0.2) is 5.78 Å². The molecule has 0 spiro atoms. The first-order valence-corrected chi connectivity index (χ1v) is 8.94. The zero-order valence-electron chi connectivity index (χ0n) is 13.4. The van der Waals surface area contributed by atoms with E-state index in [2.05, 4.69) is 30.5 Å². The van der Waals surface area contributed by atoms with Crippen LogP contribution in [0.15, 0.2) is 83.8 Å². The van der Waals surface area contributed by atoms with Gasteiger partial charge < -0.3 is 4.74 Å². The van der Waals surface area contributed by atoms with Crippen molar-refractivity contribution in [2.24, 2.45) is 0 Å². The Morgan fingerprint density at radius 3 is 2.08 bits per heavy atom. The maximum Gasteiger partial charge on any atom is 0.193 e. The van der Waals surface area contributed by atoms with E-state index in [9.17, 15) is 4.79 Å². The Bertz CT molecular complexity index is 794. The highest BCUT2D eigenvalue weighted by atomic mass is 32.2. The highest BCUT2D eigenvalue weighted by Crippen LogP contribution is 2.18. The molecular formula is C21H18O2S. The molecule has 3 rings (SSSR count). The zero-order valence-corrected chi connectivity index (χ0v) is 14.3. The van der Waals surface area contributed by atoms with Crippen molar-refractivity contribution in [2.45, 2.75) is 11.5 Å². The van der Waals surface area contributed by atoms with Crippen LogP contribution in [0.1, 0.15) is 21.5 Å². The van der Waals surface area contributed by atoms with Crippen molar-refractivity contribution >= 4 is 17.5 Å². The first-order chi connectivity index (χ1) is 11.8. The molecule has 0 aliphatic heterocycles. The monoisotopic (exact) mass is 334 g/mol. The van der Waals surface area contributed by atoms with E-state index in [0.29, 0.717) is 17.7 Å². The predicted octanol–water partition coefficient (Wildman–Crippen LogP) is 5.22. The van der Waals surface area contributed by atoms with Crippen LogP contribution in [0.2, 0.25) is 0 Å². The first kappa shape index (κ1) is 16.3. The van der Waals surface area contributed by atoms with Crippen molar-refractivity contribution in [3.8, 4) is 5.75 Å². The number of benzene rings is 3. The molecule has 0 amide bonds. The molecule has 3 heteroatoms. The number of carbonyl (C=O) groups excluding carboxylic acids is 1. The number of rotatable bonds is 6. The lowest BCUT2D eigenvalue weighted by molar-refractivity contribution is 0.103. The van der Waals surface area contributed by atoms with E-state index in [1.165, 1.54) is 4.90 Å². The number of ether oxygens (including phenoxy) is 1. The van der Waals surface area contributed by atoms with Gasteiger partial charge in [0, 0.05) is 16.0 Å². The highest BCUT2D eigenvalue weighted by molar-refractivity contribution is 7.98. The second-order valence-electron chi connectivity index (χ2n) is 5.36. The summed E-state index contributed by atoms with van der Waals surface area (Å²) in [5.74, 6) is 0.781. The molecule has 3 aromatic carbocycles. The lowest BCUT2D eigenvalue weighted by Crippen LogP contribution is -2.01. The van der Waals surface area contributed by atoms with Crippen LogP contribution in [0.4, 0.5) is 0 Å². The molecule has 0 unspecified atom stereocenters. The summed E-state index contributed by atoms with van der Waals surface area (Å²) >= 11 is 1.72. The molecule has 0 heterocycles. The SMILES string of the molecule is CSc1ccc(COc2ccc(C(=O)c3ccccc3)cc2)cc1. The van der Waals surface area contributed by atoms with Gasteiger partial charge in [0.1, 0.15) is 12.4 Å². The van der Waals surface area contributed by atoms with Gasteiger partial charge in [0.05, 0.1) is 0 Å². The lowest BCUT2D eigenvalue weighted by atomic mass is 10.0. The summed E-state index contributed by atoms with van der Waals surface area (Å²) in [6.07, 6.45) is 2.06. The number of thioether (sulfide) groups is 1. The second kappa shape index (κ2) is 7.84. The molecule has 0 aliphatic carbocycles. The van der Waals surface area contributed by atoms with Gasteiger partial charge in [-0.15, -0.1) is 11.8 Å². The Balaban J connectivity index is 1.63. The fourth-order valence-corrected chi connectivity index (χ4v) is 2.76. The Morgan fingerprint density at radius 2 is 1.46 bits per heavy atom. The fraction of sp³-hybridized carbons (Fsp3) is 0.0952. The van der Waals surface area contributed by atoms with Crippen LogP contribution in [0.25, 0.3) is 0 Å². The third kappa shape index (κ3) is 4.06.